The fraction of sp³-hybridized carbons (Fsp3) is 0.529. The zero-order chi connectivity index (χ0) is 16.8. The molecule has 2 unspecified atom stereocenters. The summed E-state index contributed by atoms with van der Waals surface area (Å²) in [5.74, 6) is 0.734. The maximum Gasteiger partial charge on any atom is 0.407 e. The summed E-state index contributed by atoms with van der Waals surface area (Å²) >= 11 is 0. The first-order valence-corrected chi connectivity index (χ1v) is 7.97. The largest absolute Gasteiger partial charge is 0.445 e. The number of urea groups is 1. The maximum absolute atomic E-state index is 12.0. The summed E-state index contributed by atoms with van der Waals surface area (Å²) in [5, 5.41) is 2.85. The molecule has 1 saturated heterocycles. The number of nitrogens with zero attached hydrogens (tertiary/aromatic N) is 1. The third kappa shape index (κ3) is 5.16. The zero-order valence-corrected chi connectivity index (χ0v) is 13.7. The second kappa shape index (κ2) is 7.85. The number of piperidine rings is 1. The van der Waals surface area contributed by atoms with Crippen molar-refractivity contribution in [2.75, 3.05) is 13.1 Å². The molecule has 1 aliphatic heterocycles. The van der Waals surface area contributed by atoms with Crippen molar-refractivity contribution >= 4 is 12.1 Å². The number of hydrogen-bond donors (Lipinski definition) is 2. The normalized spacial score (nSPS) is 21.1. The highest BCUT2D eigenvalue weighted by Crippen LogP contribution is 2.23. The number of nitrogens with one attached hydrogen (secondary N) is 1. The Balaban J connectivity index is 1.87. The first-order valence-electron chi connectivity index (χ1n) is 7.97. The summed E-state index contributed by atoms with van der Waals surface area (Å²) in [6, 6.07) is 8.93. The number of benzene rings is 1. The van der Waals surface area contributed by atoms with Gasteiger partial charge in [0.05, 0.1) is 6.04 Å². The SMILES string of the molecule is CC(C)C1CC(NC(=O)OCc2ccccc2)CN(C(N)=O)C1. The van der Waals surface area contributed by atoms with E-state index in [-0.39, 0.29) is 12.6 Å². The molecule has 2 atom stereocenters. The van der Waals surface area contributed by atoms with Crippen LogP contribution in [0.5, 0.6) is 0 Å². The predicted molar refractivity (Wildman–Crippen MR) is 87.7 cm³/mol. The van der Waals surface area contributed by atoms with Gasteiger partial charge in [-0.25, -0.2) is 9.59 Å². The van der Waals surface area contributed by atoms with Crippen LogP contribution in [-0.4, -0.2) is 36.2 Å². The number of nitrogens with two attached hydrogens (primary N) is 1. The third-order valence-electron chi connectivity index (χ3n) is 4.27. The van der Waals surface area contributed by atoms with E-state index in [1.165, 1.54) is 0 Å². The number of ether oxygens (including phenoxy) is 1. The van der Waals surface area contributed by atoms with Crippen molar-refractivity contribution in [1.82, 2.24) is 10.2 Å². The van der Waals surface area contributed by atoms with Crippen molar-refractivity contribution in [3.63, 3.8) is 0 Å². The first-order chi connectivity index (χ1) is 11.0. The van der Waals surface area contributed by atoms with Crippen LogP contribution in [0.3, 0.4) is 0 Å². The molecule has 6 heteroatoms. The van der Waals surface area contributed by atoms with Gasteiger partial charge in [-0.15, -0.1) is 0 Å². The first kappa shape index (κ1) is 17.1. The molecule has 0 spiro atoms. The molecule has 0 bridgehead atoms. The molecule has 3 N–H and O–H groups in total. The molecule has 3 amide bonds. The lowest BCUT2D eigenvalue weighted by molar-refractivity contribution is 0.109. The van der Waals surface area contributed by atoms with E-state index in [1.54, 1.807) is 4.90 Å². The molecule has 0 aliphatic carbocycles. The van der Waals surface area contributed by atoms with Gasteiger partial charge in [0.25, 0.3) is 0 Å². The van der Waals surface area contributed by atoms with Crippen LogP contribution in [0.15, 0.2) is 30.3 Å². The molecule has 23 heavy (non-hydrogen) atoms. The van der Waals surface area contributed by atoms with Gasteiger partial charge in [-0.1, -0.05) is 44.2 Å². The van der Waals surface area contributed by atoms with Crippen molar-refractivity contribution in [2.45, 2.75) is 32.9 Å². The lowest BCUT2D eigenvalue weighted by atomic mass is 9.85. The van der Waals surface area contributed by atoms with Gasteiger partial charge in [-0.05, 0) is 23.8 Å². The third-order valence-corrected chi connectivity index (χ3v) is 4.27. The van der Waals surface area contributed by atoms with Crippen LogP contribution in [0.25, 0.3) is 0 Å². The highest BCUT2D eigenvalue weighted by Gasteiger charge is 2.31. The van der Waals surface area contributed by atoms with Crippen molar-refractivity contribution in [3.8, 4) is 0 Å². The molecule has 1 heterocycles. The molecule has 1 aromatic carbocycles. The molecular weight excluding hydrogens is 294 g/mol. The van der Waals surface area contributed by atoms with E-state index in [0.29, 0.717) is 24.9 Å². The van der Waals surface area contributed by atoms with E-state index in [9.17, 15) is 9.59 Å². The molecule has 6 nitrogen and oxygen atoms in total. The van der Waals surface area contributed by atoms with Crippen LogP contribution < -0.4 is 11.1 Å². The number of carbonyl (C=O) groups excluding carboxylic acids is 2. The summed E-state index contributed by atoms with van der Waals surface area (Å²) < 4.78 is 5.24. The van der Waals surface area contributed by atoms with Gasteiger partial charge in [-0.3, -0.25) is 0 Å². The average Bonchev–Trinajstić information content (AvgIpc) is 2.53. The standard InChI is InChI=1S/C17H25N3O3/c1-12(2)14-8-15(10-20(9-14)16(18)21)19-17(22)23-11-13-6-4-3-5-7-13/h3-7,12,14-15H,8-11H2,1-2H3,(H2,18,21)(H,19,22). The number of alkyl carbamates (subject to hydrolysis) is 1. The van der Waals surface area contributed by atoms with Crippen LogP contribution >= 0.6 is 0 Å². The van der Waals surface area contributed by atoms with E-state index < -0.39 is 12.1 Å². The molecule has 1 aliphatic rings. The highest BCUT2D eigenvalue weighted by atomic mass is 16.5. The average molecular weight is 319 g/mol. The van der Waals surface area contributed by atoms with Crippen LogP contribution in [0.1, 0.15) is 25.8 Å². The number of primary amides is 1. The Morgan fingerprint density at radius 2 is 2.00 bits per heavy atom. The number of likely N-dealkylation sites (tertiary alicyclic amines) is 1. The minimum absolute atomic E-state index is 0.132. The molecule has 1 aromatic rings. The Bertz CT molecular complexity index is 533. The summed E-state index contributed by atoms with van der Waals surface area (Å²) in [5.41, 5.74) is 6.34. The molecular formula is C17H25N3O3. The predicted octanol–water partition coefficient (Wildman–Crippen LogP) is 2.34. The second-order valence-corrected chi connectivity index (χ2v) is 6.39. The maximum atomic E-state index is 12.0. The number of amides is 3. The van der Waals surface area contributed by atoms with Crippen molar-refractivity contribution < 1.29 is 14.3 Å². The second-order valence-electron chi connectivity index (χ2n) is 6.39. The van der Waals surface area contributed by atoms with Gasteiger partial charge >= 0.3 is 12.1 Å². The van der Waals surface area contributed by atoms with Gasteiger partial charge in [-0.2, -0.15) is 0 Å². The van der Waals surface area contributed by atoms with E-state index in [1.807, 2.05) is 30.3 Å². The Labute approximate surface area is 137 Å². The Morgan fingerprint density at radius 3 is 2.61 bits per heavy atom. The van der Waals surface area contributed by atoms with Crippen LogP contribution in [0, 0.1) is 11.8 Å². The zero-order valence-electron chi connectivity index (χ0n) is 13.7. The summed E-state index contributed by atoms with van der Waals surface area (Å²) in [6.07, 6.45) is 0.356. The van der Waals surface area contributed by atoms with Gasteiger partial charge in [0.1, 0.15) is 6.61 Å². The number of hydrogen-bond acceptors (Lipinski definition) is 3. The minimum Gasteiger partial charge on any atom is -0.445 e. The van der Waals surface area contributed by atoms with Crippen LogP contribution in [-0.2, 0) is 11.3 Å². The minimum atomic E-state index is -0.465. The van der Waals surface area contributed by atoms with Crippen LogP contribution in [0.2, 0.25) is 0 Å². The molecule has 1 fully saturated rings. The monoisotopic (exact) mass is 319 g/mol. The lowest BCUT2D eigenvalue weighted by Crippen LogP contribution is -2.54. The topological polar surface area (TPSA) is 84.7 Å². The fourth-order valence-electron chi connectivity index (χ4n) is 2.84. The summed E-state index contributed by atoms with van der Waals surface area (Å²) in [6.45, 7) is 5.52. The molecule has 2 rings (SSSR count). The quantitative estimate of drug-likeness (QED) is 0.893. The smallest absolute Gasteiger partial charge is 0.407 e. The van der Waals surface area contributed by atoms with E-state index >= 15 is 0 Å². The van der Waals surface area contributed by atoms with E-state index in [4.69, 9.17) is 10.5 Å². The fourth-order valence-corrected chi connectivity index (χ4v) is 2.84. The van der Waals surface area contributed by atoms with Crippen molar-refractivity contribution in [2.24, 2.45) is 17.6 Å². The van der Waals surface area contributed by atoms with Gasteiger partial charge < -0.3 is 20.7 Å². The number of rotatable bonds is 4. The van der Waals surface area contributed by atoms with Crippen molar-refractivity contribution in [1.29, 1.82) is 0 Å². The summed E-state index contributed by atoms with van der Waals surface area (Å²) in [4.78, 5) is 25.0. The molecule has 0 saturated carbocycles. The van der Waals surface area contributed by atoms with E-state index in [2.05, 4.69) is 19.2 Å². The Morgan fingerprint density at radius 1 is 1.30 bits per heavy atom. The summed E-state index contributed by atoms with van der Waals surface area (Å²) in [7, 11) is 0. The van der Waals surface area contributed by atoms with Gasteiger partial charge in [0.2, 0.25) is 0 Å². The van der Waals surface area contributed by atoms with Gasteiger partial charge in [0, 0.05) is 13.1 Å². The van der Waals surface area contributed by atoms with E-state index in [0.717, 1.165) is 12.0 Å². The lowest BCUT2D eigenvalue weighted by Gasteiger charge is -2.38. The number of carbonyl (C=O) groups is 2. The molecule has 126 valence electrons. The highest BCUT2D eigenvalue weighted by molar-refractivity contribution is 5.72. The molecule has 0 aromatic heterocycles. The Hall–Kier alpha value is -2.24. The van der Waals surface area contributed by atoms with Crippen LogP contribution in [0.4, 0.5) is 9.59 Å². The van der Waals surface area contributed by atoms with Gasteiger partial charge in [0.15, 0.2) is 0 Å². The molecule has 0 radical (unpaired) electrons. The van der Waals surface area contributed by atoms with Crippen molar-refractivity contribution in [3.05, 3.63) is 35.9 Å². The Kier molecular flexibility index (Phi) is 5.84.